The number of thiazole rings is 1. The number of carbonyl (C=O) groups is 1. The molecule has 0 bridgehead atoms. The fourth-order valence-electron chi connectivity index (χ4n) is 3.68. The zero-order valence-electron chi connectivity index (χ0n) is 16.8. The average molecular weight is 462 g/mol. The number of carbonyl (C=O) groups excluding carboxylic acids is 1. The summed E-state index contributed by atoms with van der Waals surface area (Å²) in [7, 11) is 0. The van der Waals surface area contributed by atoms with Crippen LogP contribution in [0.1, 0.15) is 17.0 Å². The first kappa shape index (κ1) is 21.3. The standard InChI is InChI=1S/C22H24ClN3O2S2/c1-16-15-29-22(28)26(16)8-7-21(27)25-11-9-24(10-12-25)14-19-5-6-20(30-19)17-3-2-4-18(23)13-17/h2-6,13,15H,7-12,14H2,1H3. The summed E-state index contributed by atoms with van der Waals surface area (Å²) in [6.45, 7) is 6.49. The van der Waals surface area contributed by atoms with E-state index in [4.69, 9.17) is 11.6 Å². The molecule has 0 atom stereocenters. The van der Waals surface area contributed by atoms with Gasteiger partial charge in [-0.2, -0.15) is 0 Å². The van der Waals surface area contributed by atoms with E-state index in [0.717, 1.165) is 49.0 Å². The highest BCUT2D eigenvalue weighted by molar-refractivity contribution is 7.15. The van der Waals surface area contributed by atoms with Crippen molar-refractivity contribution in [1.29, 1.82) is 0 Å². The molecule has 0 aliphatic carbocycles. The summed E-state index contributed by atoms with van der Waals surface area (Å²) < 4.78 is 1.69. The Morgan fingerprint density at radius 3 is 2.63 bits per heavy atom. The molecular formula is C22H24ClN3O2S2. The molecule has 0 unspecified atom stereocenters. The molecule has 30 heavy (non-hydrogen) atoms. The normalized spacial score (nSPS) is 14.9. The highest BCUT2D eigenvalue weighted by Gasteiger charge is 2.21. The molecule has 0 spiro atoms. The average Bonchev–Trinajstić information content (AvgIpc) is 3.33. The number of halogens is 1. The molecule has 3 heterocycles. The maximum absolute atomic E-state index is 12.6. The Morgan fingerprint density at radius 2 is 1.93 bits per heavy atom. The van der Waals surface area contributed by atoms with Crippen LogP contribution in [-0.4, -0.2) is 46.5 Å². The van der Waals surface area contributed by atoms with E-state index in [-0.39, 0.29) is 10.8 Å². The van der Waals surface area contributed by atoms with Gasteiger partial charge in [-0.15, -0.1) is 11.3 Å². The van der Waals surface area contributed by atoms with Crippen LogP contribution in [0, 0.1) is 6.92 Å². The first-order valence-electron chi connectivity index (χ1n) is 9.99. The molecule has 1 fully saturated rings. The third-order valence-electron chi connectivity index (χ3n) is 5.40. The highest BCUT2D eigenvalue weighted by atomic mass is 35.5. The Kier molecular flexibility index (Phi) is 6.73. The molecule has 1 aliphatic heterocycles. The minimum Gasteiger partial charge on any atom is -0.340 e. The van der Waals surface area contributed by atoms with E-state index in [2.05, 4.69) is 23.1 Å². The van der Waals surface area contributed by atoms with Crippen molar-refractivity contribution in [2.45, 2.75) is 26.4 Å². The van der Waals surface area contributed by atoms with E-state index in [1.165, 1.54) is 21.1 Å². The van der Waals surface area contributed by atoms with E-state index >= 15 is 0 Å². The van der Waals surface area contributed by atoms with Crippen LogP contribution >= 0.6 is 34.3 Å². The van der Waals surface area contributed by atoms with Gasteiger partial charge in [0.1, 0.15) is 0 Å². The van der Waals surface area contributed by atoms with Gasteiger partial charge in [-0.25, -0.2) is 0 Å². The molecule has 1 aliphatic rings. The number of hydrogen-bond acceptors (Lipinski definition) is 5. The van der Waals surface area contributed by atoms with Gasteiger partial charge in [-0.3, -0.25) is 14.5 Å². The molecule has 4 rings (SSSR count). The largest absolute Gasteiger partial charge is 0.340 e. The predicted molar refractivity (Wildman–Crippen MR) is 125 cm³/mol. The van der Waals surface area contributed by atoms with Gasteiger partial charge >= 0.3 is 4.87 Å². The van der Waals surface area contributed by atoms with Crippen molar-refractivity contribution >= 4 is 40.2 Å². The fraction of sp³-hybridized carbons (Fsp3) is 0.364. The number of rotatable bonds is 6. The van der Waals surface area contributed by atoms with Crippen molar-refractivity contribution in [3.63, 3.8) is 0 Å². The van der Waals surface area contributed by atoms with Crippen molar-refractivity contribution in [3.05, 3.63) is 67.0 Å². The highest BCUT2D eigenvalue weighted by Crippen LogP contribution is 2.30. The number of nitrogens with zero attached hydrogens (tertiary/aromatic N) is 3. The number of aromatic nitrogens is 1. The molecule has 5 nitrogen and oxygen atoms in total. The van der Waals surface area contributed by atoms with Crippen LogP contribution in [0.4, 0.5) is 0 Å². The molecule has 0 radical (unpaired) electrons. The van der Waals surface area contributed by atoms with Crippen LogP contribution in [0.25, 0.3) is 10.4 Å². The minimum atomic E-state index is 0.0122. The molecule has 0 N–H and O–H groups in total. The SMILES string of the molecule is Cc1csc(=O)n1CCC(=O)N1CCN(Cc2ccc(-c3cccc(Cl)c3)s2)CC1. The second kappa shape index (κ2) is 9.47. The van der Waals surface area contributed by atoms with Gasteiger partial charge in [0.05, 0.1) is 0 Å². The van der Waals surface area contributed by atoms with Crippen molar-refractivity contribution in [2.75, 3.05) is 26.2 Å². The summed E-state index contributed by atoms with van der Waals surface area (Å²) in [5, 5.41) is 2.59. The van der Waals surface area contributed by atoms with Crippen molar-refractivity contribution in [2.24, 2.45) is 0 Å². The first-order chi connectivity index (χ1) is 14.5. The summed E-state index contributed by atoms with van der Waals surface area (Å²) in [4.78, 5) is 31.2. The molecule has 2 aromatic heterocycles. The van der Waals surface area contributed by atoms with Gasteiger partial charge in [0.2, 0.25) is 5.91 Å². The lowest BCUT2D eigenvalue weighted by Crippen LogP contribution is -2.48. The second-order valence-electron chi connectivity index (χ2n) is 7.48. The summed E-state index contributed by atoms with van der Waals surface area (Å²) in [5.74, 6) is 0.131. The number of aryl methyl sites for hydroxylation is 1. The Morgan fingerprint density at radius 1 is 1.13 bits per heavy atom. The zero-order valence-corrected chi connectivity index (χ0v) is 19.2. The molecular weight excluding hydrogens is 438 g/mol. The van der Waals surface area contributed by atoms with Crippen LogP contribution in [0.2, 0.25) is 5.02 Å². The maximum atomic E-state index is 12.6. The quantitative estimate of drug-likeness (QED) is 0.548. The lowest BCUT2D eigenvalue weighted by molar-refractivity contribution is -0.133. The van der Waals surface area contributed by atoms with E-state index in [1.54, 1.807) is 15.9 Å². The molecule has 1 aromatic carbocycles. The summed E-state index contributed by atoms with van der Waals surface area (Å²) in [5.41, 5.74) is 2.07. The van der Waals surface area contributed by atoms with Crippen molar-refractivity contribution in [1.82, 2.24) is 14.4 Å². The van der Waals surface area contributed by atoms with Crippen molar-refractivity contribution < 1.29 is 4.79 Å². The van der Waals surface area contributed by atoms with Gasteiger partial charge in [-0.05, 0) is 36.8 Å². The van der Waals surface area contributed by atoms with E-state index in [1.807, 2.05) is 35.4 Å². The van der Waals surface area contributed by atoms with Crippen LogP contribution in [0.5, 0.6) is 0 Å². The van der Waals surface area contributed by atoms with Gasteiger partial charge in [0.15, 0.2) is 0 Å². The lowest BCUT2D eigenvalue weighted by atomic mass is 10.2. The minimum absolute atomic E-state index is 0.0122. The molecule has 158 valence electrons. The van der Waals surface area contributed by atoms with E-state index in [9.17, 15) is 9.59 Å². The van der Waals surface area contributed by atoms with Crippen LogP contribution in [-0.2, 0) is 17.9 Å². The molecule has 1 amide bonds. The second-order valence-corrected chi connectivity index (χ2v) is 9.90. The van der Waals surface area contributed by atoms with E-state index < -0.39 is 0 Å². The maximum Gasteiger partial charge on any atom is 0.307 e. The Balaban J connectivity index is 1.27. The number of benzene rings is 1. The first-order valence-corrected chi connectivity index (χ1v) is 12.1. The van der Waals surface area contributed by atoms with Gasteiger partial charge in [0, 0.05) is 71.5 Å². The van der Waals surface area contributed by atoms with Crippen LogP contribution in [0.3, 0.4) is 0 Å². The van der Waals surface area contributed by atoms with Crippen LogP contribution in [0.15, 0.2) is 46.6 Å². The molecule has 3 aromatic rings. The summed E-state index contributed by atoms with van der Waals surface area (Å²) >= 11 is 9.09. The summed E-state index contributed by atoms with van der Waals surface area (Å²) in [6, 6.07) is 12.3. The lowest BCUT2D eigenvalue weighted by Gasteiger charge is -2.34. The number of thiophene rings is 1. The topological polar surface area (TPSA) is 45.6 Å². The molecule has 0 saturated carbocycles. The third kappa shape index (κ3) is 5.03. The Labute approximate surface area is 189 Å². The zero-order chi connectivity index (χ0) is 21.1. The van der Waals surface area contributed by atoms with Crippen molar-refractivity contribution in [3.8, 4) is 10.4 Å². The molecule has 1 saturated heterocycles. The molecule has 8 heteroatoms. The summed E-state index contributed by atoms with van der Waals surface area (Å²) in [6.07, 6.45) is 0.380. The van der Waals surface area contributed by atoms with Gasteiger partial charge in [-0.1, -0.05) is 35.1 Å². The van der Waals surface area contributed by atoms with E-state index in [0.29, 0.717) is 13.0 Å². The number of amides is 1. The number of piperazine rings is 1. The number of hydrogen-bond donors (Lipinski definition) is 0. The third-order valence-corrected chi connectivity index (χ3v) is 7.64. The monoisotopic (exact) mass is 461 g/mol. The van der Waals surface area contributed by atoms with Crippen LogP contribution < -0.4 is 4.87 Å². The Hall–Kier alpha value is -1.93. The predicted octanol–water partition coefficient (Wildman–Crippen LogP) is 4.33. The fourth-order valence-corrected chi connectivity index (χ4v) is 5.67. The Bertz CT molecular complexity index is 1080. The van der Waals surface area contributed by atoms with Gasteiger partial charge < -0.3 is 9.47 Å². The smallest absolute Gasteiger partial charge is 0.307 e. The van der Waals surface area contributed by atoms with Gasteiger partial charge in [0.25, 0.3) is 0 Å².